The number of benzene rings is 1. The highest BCUT2D eigenvalue weighted by molar-refractivity contribution is 5.70. The molecule has 1 fully saturated rings. The fourth-order valence-electron chi connectivity index (χ4n) is 2.39. The van der Waals surface area contributed by atoms with Crippen LogP contribution < -0.4 is 15.4 Å². The van der Waals surface area contributed by atoms with Gasteiger partial charge < -0.3 is 20.1 Å². The Kier molecular flexibility index (Phi) is 4.70. The molecule has 1 saturated heterocycles. The summed E-state index contributed by atoms with van der Waals surface area (Å²) in [5.41, 5.74) is 7.23. The third kappa shape index (κ3) is 3.54. The summed E-state index contributed by atoms with van der Waals surface area (Å²) < 4.78 is 25.0. The van der Waals surface area contributed by atoms with Crippen LogP contribution >= 0.6 is 0 Å². The number of nitrogen functional groups attached to an aromatic ring is 1. The summed E-state index contributed by atoms with van der Waals surface area (Å²) >= 11 is 0. The van der Waals surface area contributed by atoms with Crippen LogP contribution in [0.1, 0.15) is 27.2 Å². The van der Waals surface area contributed by atoms with E-state index in [0.29, 0.717) is 5.69 Å². The van der Waals surface area contributed by atoms with Gasteiger partial charge in [0.1, 0.15) is 0 Å². The largest absolute Gasteiger partial charge is 0.488 e. The SMILES string of the molecule is CC(C)Oc1cc(N2CCCOC(C)C2)c(N)cc1F. The molecule has 1 atom stereocenters. The van der Waals surface area contributed by atoms with Crippen LogP contribution in [0.25, 0.3) is 0 Å². The first kappa shape index (κ1) is 14.9. The van der Waals surface area contributed by atoms with E-state index in [4.69, 9.17) is 15.2 Å². The van der Waals surface area contributed by atoms with Crippen molar-refractivity contribution in [3.63, 3.8) is 0 Å². The molecule has 0 aliphatic carbocycles. The molecule has 1 unspecified atom stereocenters. The van der Waals surface area contributed by atoms with E-state index in [1.807, 2.05) is 20.8 Å². The predicted octanol–water partition coefficient (Wildman–Crippen LogP) is 2.81. The van der Waals surface area contributed by atoms with Gasteiger partial charge in [0.15, 0.2) is 11.6 Å². The van der Waals surface area contributed by atoms with Crippen LogP contribution in [-0.2, 0) is 4.74 Å². The number of hydrogen-bond acceptors (Lipinski definition) is 4. The average Bonchev–Trinajstić information content (AvgIpc) is 2.57. The Labute approximate surface area is 119 Å². The molecule has 112 valence electrons. The van der Waals surface area contributed by atoms with Gasteiger partial charge in [0.2, 0.25) is 0 Å². The molecule has 20 heavy (non-hydrogen) atoms. The van der Waals surface area contributed by atoms with Gasteiger partial charge in [-0.2, -0.15) is 0 Å². The van der Waals surface area contributed by atoms with Crippen LogP contribution in [0.3, 0.4) is 0 Å². The number of anilines is 2. The normalized spacial score (nSPS) is 20.1. The molecule has 1 heterocycles. The van der Waals surface area contributed by atoms with Crippen molar-refractivity contribution >= 4 is 11.4 Å². The zero-order valence-corrected chi connectivity index (χ0v) is 12.4. The van der Waals surface area contributed by atoms with Crippen molar-refractivity contribution in [3.05, 3.63) is 17.9 Å². The van der Waals surface area contributed by atoms with Crippen molar-refractivity contribution in [3.8, 4) is 5.75 Å². The first-order valence-corrected chi connectivity index (χ1v) is 7.09. The minimum Gasteiger partial charge on any atom is -0.488 e. The standard InChI is InChI=1S/C15H23FN2O2/c1-10(2)20-15-8-14(13(17)7-12(15)16)18-5-4-6-19-11(3)9-18/h7-8,10-11H,4-6,9,17H2,1-3H3. The summed E-state index contributed by atoms with van der Waals surface area (Å²) in [6.07, 6.45) is 0.991. The molecular weight excluding hydrogens is 259 g/mol. The third-order valence-corrected chi connectivity index (χ3v) is 3.24. The first-order chi connectivity index (χ1) is 9.47. The maximum atomic E-state index is 13.9. The van der Waals surface area contributed by atoms with Gasteiger partial charge >= 0.3 is 0 Å². The Hall–Kier alpha value is -1.49. The summed E-state index contributed by atoms with van der Waals surface area (Å²) in [4.78, 5) is 2.14. The highest BCUT2D eigenvalue weighted by Crippen LogP contribution is 2.32. The molecule has 1 aliphatic heterocycles. The van der Waals surface area contributed by atoms with Crippen LogP contribution in [0.15, 0.2) is 12.1 Å². The number of nitrogens with two attached hydrogens (primary N) is 1. The van der Waals surface area contributed by atoms with E-state index in [9.17, 15) is 4.39 Å². The second-order valence-electron chi connectivity index (χ2n) is 5.49. The van der Waals surface area contributed by atoms with E-state index in [1.165, 1.54) is 6.07 Å². The summed E-state index contributed by atoms with van der Waals surface area (Å²) in [6, 6.07) is 3.03. The Morgan fingerprint density at radius 2 is 2.20 bits per heavy atom. The number of hydrogen-bond donors (Lipinski definition) is 1. The van der Waals surface area contributed by atoms with Crippen molar-refractivity contribution in [2.45, 2.75) is 39.4 Å². The third-order valence-electron chi connectivity index (χ3n) is 3.24. The van der Waals surface area contributed by atoms with Crippen molar-refractivity contribution in [2.24, 2.45) is 0 Å². The molecule has 1 aromatic carbocycles. The predicted molar refractivity (Wildman–Crippen MR) is 78.8 cm³/mol. The van der Waals surface area contributed by atoms with E-state index in [0.717, 1.165) is 31.8 Å². The van der Waals surface area contributed by atoms with Gasteiger partial charge in [0.05, 0.1) is 23.6 Å². The molecule has 0 radical (unpaired) electrons. The van der Waals surface area contributed by atoms with E-state index in [-0.39, 0.29) is 18.0 Å². The second kappa shape index (κ2) is 6.31. The Bertz CT molecular complexity index is 465. The van der Waals surface area contributed by atoms with Crippen LogP contribution in [0, 0.1) is 5.82 Å². The van der Waals surface area contributed by atoms with Gasteiger partial charge in [0.25, 0.3) is 0 Å². The minimum atomic E-state index is -0.418. The van der Waals surface area contributed by atoms with E-state index in [2.05, 4.69) is 4.90 Å². The van der Waals surface area contributed by atoms with Gasteiger partial charge in [-0.15, -0.1) is 0 Å². The molecule has 0 spiro atoms. The van der Waals surface area contributed by atoms with Crippen LogP contribution in [0.5, 0.6) is 5.75 Å². The monoisotopic (exact) mass is 282 g/mol. The number of ether oxygens (including phenoxy) is 2. The fraction of sp³-hybridized carbons (Fsp3) is 0.600. The van der Waals surface area contributed by atoms with Crippen LogP contribution in [-0.4, -0.2) is 31.9 Å². The van der Waals surface area contributed by atoms with Crippen LogP contribution in [0.2, 0.25) is 0 Å². The maximum Gasteiger partial charge on any atom is 0.167 e. The number of halogens is 1. The van der Waals surface area contributed by atoms with E-state index >= 15 is 0 Å². The lowest BCUT2D eigenvalue weighted by Gasteiger charge is -2.26. The lowest BCUT2D eigenvalue weighted by atomic mass is 10.2. The smallest absolute Gasteiger partial charge is 0.167 e. The number of rotatable bonds is 3. The maximum absolute atomic E-state index is 13.9. The summed E-state index contributed by atoms with van der Waals surface area (Å²) in [6.45, 7) is 8.12. The topological polar surface area (TPSA) is 47.7 Å². The number of nitrogens with zero attached hydrogens (tertiary/aromatic N) is 1. The molecule has 4 nitrogen and oxygen atoms in total. The minimum absolute atomic E-state index is 0.0765. The fourth-order valence-corrected chi connectivity index (χ4v) is 2.39. The lowest BCUT2D eigenvalue weighted by molar-refractivity contribution is 0.0821. The summed E-state index contributed by atoms with van der Waals surface area (Å²) in [7, 11) is 0. The Morgan fingerprint density at radius 1 is 1.45 bits per heavy atom. The van der Waals surface area contributed by atoms with Gasteiger partial charge in [-0.05, 0) is 27.2 Å². The lowest BCUT2D eigenvalue weighted by Crippen LogP contribution is -2.30. The van der Waals surface area contributed by atoms with Crippen molar-refractivity contribution < 1.29 is 13.9 Å². The van der Waals surface area contributed by atoms with Gasteiger partial charge in [-0.3, -0.25) is 0 Å². The second-order valence-corrected chi connectivity index (χ2v) is 5.49. The van der Waals surface area contributed by atoms with Crippen molar-refractivity contribution in [1.29, 1.82) is 0 Å². The van der Waals surface area contributed by atoms with Crippen LogP contribution in [0.4, 0.5) is 15.8 Å². The van der Waals surface area contributed by atoms with Crippen molar-refractivity contribution in [1.82, 2.24) is 0 Å². The van der Waals surface area contributed by atoms with Gasteiger partial charge in [-0.25, -0.2) is 4.39 Å². The summed E-state index contributed by atoms with van der Waals surface area (Å²) in [5.74, 6) is -0.166. The van der Waals surface area contributed by atoms with E-state index < -0.39 is 5.82 Å². The van der Waals surface area contributed by atoms with E-state index in [1.54, 1.807) is 6.07 Å². The molecule has 0 bridgehead atoms. The first-order valence-electron chi connectivity index (χ1n) is 7.09. The summed E-state index contributed by atoms with van der Waals surface area (Å²) in [5, 5.41) is 0. The molecule has 5 heteroatoms. The average molecular weight is 282 g/mol. The van der Waals surface area contributed by atoms with Crippen molar-refractivity contribution in [2.75, 3.05) is 30.3 Å². The molecular formula is C15H23FN2O2. The highest BCUT2D eigenvalue weighted by atomic mass is 19.1. The Balaban J connectivity index is 2.29. The zero-order valence-electron chi connectivity index (χ0n) is 12.4. The molecule has 1 aromatic rings. The Morgan fingerprint density at radius 3 is 2.90 bits per heavy atom. The molecule has 2 N–H and O–H groups in total. The zero-order chi connectivity index (χ0) is 14.7. The van der Waals surface area contributed by atoms with Gasteiger partial charge in [0, 0.05) is 31.8 Å². The molecule has 2 rings (SSSR count). The molecule has 0 amide bonds. The molecule has 0 aromatic heterocycles. The highest BCUT2D eigenvalue weighted by Gasteiger charge is 2.19. The molecule has 1 aliphatic rings. The van der Waals surface area contributed by atoms with Gasteiger partial charge in [-0.1, -0.05) is 0 Å². The molecule has 0 saturated carbocycles. The quantitative estimate of drug-likeness (QED) is 0.866.